The lowest BCUT2D eigenvalue weighted by Gasteiger charge is -2.30. The first kappa shape index (κ1) is 20.5. The van der Waals surface area contributed by atoms with E-state index in [9.17, 15) is 18.4 Å². The van der Waals surface area contributed by atoms with Crippen LogP contribution in [-0.4, -0.2) is 41.6 Å². The maximum absolute atomic E-state index is 12.5. The average Bonchev–Trinajstić information content (AvgIpc) is 3.11. The van der Waals surface area contributed by atoms with E-state index < -0.39 is 6.61 Å². The van der Waals surface area contributed by atoms with Crippen LogP contribution in [0.2, 0.25) is 0 Å². The van der Waals surface area contributed by atoms with E-state index in [-0.39, 0.29) is 23.5 Å². The Hall–Kier alpha value is -3.23. The van der Waals surface area contributed by atoms with E-state index in [1.165, 1.54) is 18.2 Å². The van der Waals surface area contributed by atoms with Crippen LogP contribution in [0, 0.1) is 12.8 Å². The maximum atomic E-state index is 12.5. The minimum Gasteiger partial charge on any atom is -0.434 e. The third-order valence-electron chi connectivity index (χ3n) is 4.60. The number of anilines is 1. The standard InChI is InChI=1S/C20H21F2N3O4/c1-13-12-17(24-29-13)23-19(27)15-8-10-25(11-9-15)18(26)7-6-14-4-2-3-5-16(14)28-20(21)22/h2-7,12,15,20H,8-11H2,1H3,(H,23,24,27)/b7-6+. The molecule has 154 valence electrons. The highest BCUT2D eigenvalue weighted by atomic mass is 19.3. The monoisotopic (exact) mass is 405 g/mol. The van der Waals surface area contributed by atoms with Crippen LogP contribution in [-0.2, 0) is 9.59 Å². The number of aryl methyl sites for hydroxylation is 1. The van der Waals surface area contributed by atoms with Crippen molar-refractivity contribution in [2.45, 2.75) is 26.4 Å². The Morgan fingerprint density at radius 1 is 1.31 bits per heavy atom. The molecular weight excluding hydrogens is 384 g/mol. The van der Waals surface area contributed by atoms with Gasteiger partial charge in [-0.15, -0.1) is 0 Å². The minimum atomic E-state index is -2.94. The lowest BCUT2D eigenvalue weighted by atomic mass is 9.96. The molecule has 2 aromatic rings. The van der Waals surface area contributed by atoms with E-state index in [1.54, 1.807) is 36.1 Å². The van der Waals surface area contributed by atoms with Crippen molar-refractivity contribution in [3.63, 3.8) is 0 Å². The molecule has 9 heteroatoms. The number of piperidine rings is 1. The minimum absolute atomic E-state index is 0.00465. The van der Waals surface area contributed by atoms with Crippen LogP contribution in [0.1, 0.15) is 24.2 Å². The molecule has 1 aromatic carbocycles. The van der Waals surface area contributed by atoms with Crippen molar-refractivity contribution in [3.05, 3.63) is 47.7 Å². The Bertz CT molecular complexity index is 889. The van der Waals surface area contributed by atoms with Crippen LogP contribution in [0.3, 0.4) is 0 Å². The topological polar surface area (TPSA) is 84.7 Å². The number of carbonyl (C=O) groups excluding carboxylic acids is 2. The van der Waals surface area contributed by atoms with E-state index in [1.807, 2.05) is 0 Å². The van der Waals surface area contributed by atoms with E-state index in [0.717, 1.165) is 0 Å². The Balaban J connectivity index is 1.52. The quantitative estimate of drug-likeness (QED) is 0.744. The molecule has 1 N–H and O–H groups in total. The fraction of sp³-hybridized carbons (Fsp3) is 0.350. The highest BCUT2D eigenvalue weighted by Crippen LogP contribution is 2.23. The van der Waals surface area contributed by atoms with Gasteiger partial charge in [0.05, 0.1) is 0 Å². The normalized spacial score (nSPS) is 15.1. The number of hydrogen-bond acceptors (Lipinski definition) is 5. The molecule has 1 aliphatic rings. The van der Waals surface area contributed by atoms with Crippen molar-refractivity contribution >= 4 is 23.7 Å². The highest BCUT2D eigenvalue weighted by molar-refractivity contribution is 5.93. The predicted octanol–water partition coefficient (Wildman–Crippen LogP) is 3.47. The number of amides is 2. The van der Waals surface area contributed by atoms with Crippen molar-refractivity contribution in [1.29, 1.82) is 0 Å². The zero-order chi connectivity index (χ0) is 20.8. The summed E-state index contributed by atoms with van der Waals surface area (Å²) < 4.78 is 34.3. The average molecular weight is 405 g/mol. The number of aromatic nitrogens is 1. The molecule has 3 rings (SSSR count). The second kappa shape index (κ2) is 9.31. The number of nitrogens with one attached hydrogen (secondary N) is 1. The number of nitrogens with zero attached hydrogens (tertiary/aromatic N) is 2. The second-order valence-electron chi connectivity index (χ2n) is 6.66. The number of likely N-dealkylation sites (tertiary alicyclic amines) is 1. The van der Waals surface area contributed by atoms with Gasteiger partial charge in [-0.05, 0) is 31.9 Å². The number of rotatable bonds is 6. The fourth-order valence-electron chi connectivity index (χ4n) is 3.10. The van der Waals surface area contributed by atoms with Crippen molar-refractivity contribution in [3.8, 4) is 5.75 Å². The van der Waals surface area contributed by atoms with E-state index in [0.29, 0.717) is 43.1 Å². The van der Waals surface area contributed by atoms with E-state index in [2.05, 4.69) is 15.2 Å². The van der Waals surface area contributed by atoms with Crippen LogP contribution in [0.4, 0.5) is 14.6 Å². The van der Waals surface area contributed by atoms with Gasteiger partial charge in [-0.25, -0.2) is 0 Å². The SMILES string of the molecule is Cc1cc(NC(=O)C2CCN(C(=O)/C=C/c3ccccc3OC(F)F)CC2)no1. The summed E-state index contributed by atoms with van der Waals surface area (Å²) in [6, 6.07) is 7.88. The second-order valence-corrected chi connectivity index (χ2v) is 6.66. The number of carbonyl (C=O) groups is 2. The number of para-hydroxylation sites is 1. The van der Waals surface area contributed by atoms with Gasteiger partial charge >= 0.3 is 6.61 Å². The lowest BCUT2D eigenvalue weighted by Crippen LogP contribution is -2.40. The summed E-state index contributed by atoms with van der Waals surface area (Å²) in [5.74, 6) is 0.360. The molecule has 0 atom stereocenters. The molecule has 0 aliphatic carbocycles. The van der Waals surface area contributed by atoms with Gasteiger partial charge in [0.15, 0.2) is 5.82 Å². The smallest absolute Gasteiger partial charge is 0.387 e. The van der Waals surface area contributed by atoms with Crippen molar-refractivity contribution in [2.75, 3.05) is 18.4 Å². The summed E-state index contributed by atoms with van der Waals surface area (Å²) >= 11 is 0. The molecule has 1 fully saturated rings. The van der Waals surface area contributed by atoms with Crippen molar-refractivity contribution < 1.29 is 27.6 Å². The van der Waals surface area contributed by atoms with Gasteiger partial charge in [0.2, 0.25) is 11.8 Å². The van der Waals surface area contributed by atoms with Gasteiger partial charge in [-0.3, -0.25) is 9.59 Å². The molecule has 29 heavy (non-hydrogen) atoms. The van der Waals surface area contributed by atoms with Crippen molar-refractivity contribution in [2.24, 2.45) is 5.92 Å². The van der Waals surface area contributed by atoms with Crippen LogP contribution < -0.4 is 10.1 Å². The van der Waals surface area contributed by atoms with Gasteiger partial charge in [0.25, 0.3) is 0 Å². The first-order chi connectivity index (χ1) is 13.9. The molecule has 0 radical (unpaired) electrons. The predicted molar refractivity (Wildman–Crippen MR) is 101 cm³/mol. The first-order valence-corrected chi connectivity index (χ1v) is 9.17. The molecule has 0 spiro atoms. The number of halogens is 2. The van der Waals surface area contributed by atoms with Gasteiger partial charge in [-0.2, -0.15) is 8.78 Å². The molecular formula is C20H21F2N3O4. The summed E-state index contributed by atoms with van der Waals surface area (Å²) in [6.45, 7) is -0.354. The Labute approximate surface area is 166 Å². The molecule has 1 aromatic heterocycles. The molecule has 0 bridgehead atoms. The molecule has 0 saturated carbocycles. The summed E-state index contributed by atoms with van der Waals surface area (Å²) in [6.07, 6.45) is 3.82. The highest BCUT2D eigenvalue weighted by Gasteiger charge is 2.27. The molecule has 2 heterocycles. The lowest BCUT2D eigenvalue weighted by molar-refractivity contribution is -0.130. The Kier molecular flexibility index (Phi) is 6.58. The molecule has 1 saturated heterocycles. The number of hydrogen-bond donors (Lipinski definition) is 1. The zero-order valence-corrected chi connectivity index (χ0v) is 15.8. The van der Waals surface area contributed by atoms with Gasteiger partial charge in [-0.1, -0.05) is 23.4 Å². The van der Waals surface area contributed by atoms with Crippen molar-refractivity contribution in [1.82, 2.24) is 10.1 Å². The first-order valence-electron chi connectivity index (χ1n) is 9.17. The van der Waals surface area contributed by atoms with Gasteiger partial charge < -0.3 is 19.5 Å². The van der Waals surface area contributed by atoms with E-state index in [4.69, 9.17) is 4.52 Å². The van der Waals surface area contributed by atoms with Gasteiger partial charge in [0.1, 0.15) is 11.5 Å². The number of ether oxygens (including phenoxy) is 1. The third-order valence-corrected chi connectivity index (χ3v) is 4.60. The van der Waals surface area contributed by atoms with Crippen LogP contribution in [0.15, 0.2) is 40.9 Å². The molecule has 1 aliphatic heterocycles. The third kappa shape index (κ3) is 5.63. The summed E-state index contributed by atoms with van der Waals surface area (Å²) in [5.41, 5.74) is 0.387. The maximum Gasteiger partial charge on any atom is 0.387 e. The van der Waals surface area contributed by atoms with E-state index >= 15 is 0 Å². The number of benzene rings is 1. The van der Waals surface area contributed by atoms with Crippen LogP contribution in [0.25, 0.3) is 6.08 Å². The Morgan fingerprint density at radius 2 is 2.03 bits per heavy atom. The molecule has 2 amide bonds. The summed E-state index contributed by atoms with van der Waals surface area (Å²) in [5, 5.41) is 6.44. The van der Waals surface area contributed by atoms with Gasteiger partial charge in [0, 0.05) is 36.7 Å². The fourth-order valence-corrected chi connectivity index (χ4v) is 3.10. The molecule has 7 nitrogen and oxygen atoms in total. The van der Waals surface area contributed by atoms with Crippen LogP contribution in [0.5, 0.6) is 5.75 Å². The zero-order valence-electron chi connectivity index (χ0n) is 15.8. The summed E-state index contributed by atoms with van der Waals surface area (Å²) in [7, 11) is 0. The summed E-state index contributed by atoms with van der Waals surface area (Å²) in [4.78, 5) is 26.3. The largest absolute Gasteiger partial charge is 0.434 e. The number of alkyl halides is 2. The van der Waals surface area contributed by atoms with Crippen LogP contribution >= 0.6 is 0 Å². The molecule has 0 unspecified atom stereocenters. The Morgan fingerprint density at radius 3 is 2.69 bits per heavy atom.